The van der Waals surface area contributed by atoms with Crippen molar-refractivity contribution in [3.63, 3.8) is 0 Å². The first kappa shape index (κ1) is 14.8. The van der Waals surface area contributed by atoms with E-state index < -0.39 is 0 Å². The summed E-state index contributed by atoms with van der Waals surface area (Å²) in [4.78, 5) is 8.80. The van der Waals surface area contributed by atoms with E-state index >= 15 is 0 Å². The van der Waals surface area contributed by atoms with Crippen molar-refractivity contribution in [3.05, 3.63) is 10.6 Å². The summed E-state index contributed by atoms with van der Waals surface area (Å²) in [7, 11) is 0. The normalized spacial score (nSPS) is 18.7. The van der Waals surface area contributed by atoms with Crippen LogP contribution < -0.4 is 10.2 Å². The Labute approximate surface area is 121 Å². The largest absolute Gasteiger partial charge is 0.346 e. The van der Waals surface area contributed by atoms with Crippen LogP contribution in [0.1, 0.15) is 63.6 Å². The molecule has 1 aromatic heterocycles. The number of aromatic nitrogens is 1. The average Bonchev–Trinajstić information content (AvgIpc) is 2.80. The van der Waals surface area contributed by atoms with Crippen molar-refractivity contribution in [2.24, 2.45) is 0 Å². The van der Waals surface area contributed by atoms with Gasteiger partial charge in [-0.2, -0.15) is 0 Å². The molecule has 1 atom stereocenters. The Morgan fingerprint density at radius 3 is 2.84 bits per heavy atom. The van der Waals surface area contributed by atoms with Crippen LogP contribution in [-0.2, 0) is 6.42 Å². The van der Waals surface area contributed by atoms with Gasteiger partial charge in [-0.05, 0) is 53.0 Å². The molecule has 0 fully saturated rings. The Kier molecular flexibility index (Phi) is 5.22. The highest BCUT2D eigenvalue weighted by Gasteiger charge is 2.25. The van der Waals surface area contributed by atoms with Gasteiger partial charge in [-0.3, -0.25) is 0 Å². The predicted molar refractivity (Wildman–Crippen MR) is 84.2 cm³/mol. The van der Waals surface area contributed by atoms with Crippen LogP contribution in [0.4, 0.5) is 5.13 Å². The van der Waals surface area contributed by atoms with E-state index in [0.717, 1.165) is 19.5 Å². The van der Waals surface area contributed by atoms with Gasteiger partial charge in [0.25, 0.3) is 0 Å². The number of rotatable bonds is 6. The van der Waals surface area contributed by atoms with Gasteiger partial charge in [0, 0.05) is 23.5 Å². The molecule has 1 aliphatic carbocycles. The molecule has 0 amide bonds. The monoisotopic (exact) mass is 281 g/mol. The van der Waals surface area contributed by atoms with Gasteiger partial charge in [0.05, 0.1) is 5.69 Å². The topological polar surface area (TPSA) is 28.2 Å². The maximum absolute atomic E-state index is 4.91. The van der Waals surface area contributed by atoms with Gasteiger partial charge >= 0.3 is 0 Å². The minimum atomic E-state index is 0.527. The predicted octanol–water partition coefficient (Wildman–Crippen LogP) is 3.75. The SMILES string of the molecule is CCCNC1CCCc2nc(N(CC)C(C)C)sc21. The summed E-state index contributed by atoms with van der Waals surface area (Å²) in [6.07, 6.45) is 4.89. The van der Waals surface area contributed by atoms with Crippen molar-refractivity contribution in [1.82, 2.24) is 10.3 Å². The third-order valence-corrected chi connectivity index (χ3v) is 5.04. The molecule has 1 aliphatic rings. The number of thiazole rings is 1. The Hall–Kier alpha value is -0.610. The van der Waals surface area contributed by atoms with E-state index in [0.29, 0.717) is 12.1 Å². The molecule has 3 nitrogen and oxygen atoms in total. The van der Waals surface area contributed by atoms with E-state index in [4.69, 9.17) is 4.98 Å². The molecule has 0 spiro atoms. The zero-order chi connectivity index (χ0) is 13.8. The first-order valence-corrected chi connectivity index (χ1v) is 8.48. The van der Waals surface area contributed by atoms with Crippen molar-refractivity contribution < 1.29 is 0 Å². The molecule has 108 valence electrons. The maximum atomic E-state index is 4.91. The van der Waals surface area contributed by atoms with Crippen LogP contribution in [0.3, 0.4) is 0 Å². The van der Waals surface area contributed by atoms with Crippen LogP contribution in [0.25, 0.3) is 0 Å². The second-order valence-corrected chi connectivity index (χ2v) is 6.60. The number of nitrogens with zero attached hydrogens (tertiary/aromatic N) is 2. The van der Waals surface area contributed by atoms with Gasteiger partial charge in [-0.1, -0.05) is 18.3 Å². The van der Waals surface area contributed by atoms with Gasteiger partial charge in [0.1, 0.15) is 0 Å². The first-order chi connectivity index (χ1) is 9.17. The van der Waals surface area contributed by atoms with Crippen molar-refractivity contribution in [3.8, 4) is 0 Å². The zero-order valence-electron chi connectivity index (χ0n) is 12.7. The van der Waals surface area contributed by atoms with Crippen LogP contribution in [0.5, 0.6) is 0 Å². The number of anilines is 1. The lowest BCUT2D eigenvalue weighted by atomic mass is 9.98. The highest BCUT2D eigenvalue weighted by atomic mass is 32.1. The molecule has 1 N–H and O–H groups in total. The maximum Gasteiger partial charge on any atom is 0.186 e. The average molecular weight is 281 g/mol. The second kappa shape index (κ2) is 6.71. The lowest BCUT2D eigenvalue weighted by molar-refractivity contribution is 0.464. The van der Waals surface area contributed by atoms with E-state index in [1.54, 1.807) is 0 Å². The van der Waals surface area contributed by atoms with Crippen LogP contribution >= 0.6 is 11.3 Å². The van der Waals surface area contributed by atoms with Gasteiger partial charge in [0.15, 0.2) is 5.13 Å². The fourth-order valence-electron chi connectivity index (χ4n) is 2.76. The smallest absolute Gasteiger partial charge is 0.186 e. The summed E-state index contributed by atoms with van der Waals surface area (Å²) in [5, 5.41) is 4.89. The molecule has 2 rings (SSSR count). The van der Waals surface area contributed by atoms with Crippen LogP contribution in [-0.4, -0.2) is 24.1 Å². The molecule has 0 bridgehead atoms. The third-order valence-electron chi connectivity index (χ3n) is 3.79. The Morgan fingerprint density at radius 2 is 2.21 bits per heavy atom. The first-order valence-electron chi connectivity index (χ1n) is 7.67. The van der Waals surface area contributed by atoms with Gasteiger partial charge in [-0.25, -0.2) is 4.98 Å². The minimum absolute atomic E-state index is 0.527. The van der Waals surface area contributed by atoms with E-state index in [2.05, 4.69) is 37.9 Å². The summed E-state index contributed by atoms with van der Waals surface area (Å²) >= 11 is 1.91. The van der Waals surface area contributed by atoms with E-state index in [1.807, 2.05) is 11.3 Å². The molecule has 1 heterocycles. The molecule has 0 aromatic carbocycles. The molecular formula is C15H27N3S. The van der Waals surface area contributed by atoms with Crippen molar-refractivity contribution in [1.29, 1.82) is 0 Å². The Morgan fingerprint density at radius 1 is 1.42 bits per heavy atom. The van der Waals surface area contributed by atoms with Crippen molar-refractivity contribution in [2.45, 2.75) is 65.5 Å². The van der Waals surface area contributed by atoms with Crippen LogP contribution in [0.15, 0.2) is 0 Å². The van der Waals surface area contributed by atoms with Crippen molar-refractivity contribution >= 4 is 16.5 Å². The number of aryl methyl sites for hydroxylation is 1. The zero-order valence-corrected chi connectivity index (χ0v) is 13.5. The molecule has 19 heavy (non-hydrogen) atoms. The Bertz CT molecular complexity index is 400. The molecule has 0 saturated heterocycles. The fourth-order valence-corrected chi connectivity index (χ4v) is 4.18. The molecule has 0 radical (unpaired) electrons. The summed E-state index contributed by atoms with van der Waals surface area (Å²) in [6, 6.07) is 1.07. The highest BCUT2D eigenvalue weighted by molar-refractivity contribution is 7.15. The number of hydrogen-bond acceptors (Lipinski definition) is 4. The molecule has 1 aromatic rings. The minimum Gasteiger partial charge on any atom is -0.346 e. The lowest BCUT2D eigenvalue weighted by Crippen LogP contribution is -2.30. The molecule has 1 unspecified atom stereocenters. The van der Waals surface area contributed by atoms with Gasteiger partial charge in [-0.15, -0.1) is 0 Å². The summed E-state index contributed by atoms with van der Waals surface area (Å²) in [5.74, 6) is 0. The molecule has 0 saturated carbocycles. The second-order valence-electron chi connectivity index (χ2n) is 5.59. The van der Waals surface area contributed by atoms with Crippen molar-refractivity contribution in [2.75, 3.05) is 18.0 Å². The van der Waals surface area contributed by atoms with E-state index in [1.165, 1.54) is 35.0 Å². The van der Waals surface area contributed by atoms with Crippen LogP contribution in [0, 0.1) is 0 Å². The van der Waals surface area contributed by atoms with E-state index in [-0.39, 0.29) is 0 Å². The van der Waals surface area contributed by atoms with E-state index in [9.17, 15) is 0 Å². The highest BCUT2D eigenvalue weighted by Crippen LogP contribution is 2.38. The summed E-state index contributed by atoms with van der Waals surface area (Å²) < 4.78 is 0. The number of hydrogen-bond donors (Lipinski definition) is 1. The molecular weight excluding hydrogens is 254 g/mol. The summed E-state index contributed by atoms with van der Waals surface area (Å²) in [6.45, 7) is 11.1. The van der Waals surface area contributed by atoms with Gasteiger partial charge in [0.2, 0.25) is 0 Å². The number of fused-ring (bicyclic) bond motifs is 1. The van der Waals surface area contributed by atoms with Gasteiger partial charge < -0.3 is 10.2 Å². The summed E-state index contributed by atoms with van der Waals surface area (Å²) in [5.41, 5.74) is 1.35. The quantitative estimate of drug-likeness (QED) is 0.860. The molecule has 4 heteroatoms. The number of nitrogens with one attached hydrogen (secondary N) is 1. The Balaban J connectivity index is 2.20. The fraction of sp³-hybridized carbons (Fsp3) is 0.800. The standard InChI is InChI=1S/C15H27N3S/c1-5-10-16-12-8-7-9-13-14(12)19-15(17-13)18(6-2)11(3)4/h11-12,16H,5-10H2,1-4H3. The lowest BCUT2D eigenvalue weighted by Gasteiger charge is -2.24. The van der Waals surface area contributed by atoms with Crippen LogP contribution in [0.2, 0.25) is 0 Å². The molecule has 0 aliphatic heterocycles. The third kappa shape index (κ3) is 3.29.